The number of fused-ring (bicyclic) bond motifs is 3. The van der Waals surface area contributed by atoms with Gasteiger partial charge in [0.05, 0.1) is 6.04 Å². The number of hydrogen-bond acceptors (Lipinski definition) is 3. The highest BCUT2D eigenvalue weighted by atomic mass is 16.1. The van der Waals surface area contributed by atoms with Crippen LogP contribution >= 0.6 is 0 Å². The van der Waals surface area contributed by atoms with Gasteiger partial charge in [0.25, 0.3) is 0 Å². The van der Waals surface area contributed by atoms with Crippen molar-refractivity contribution in [1.82, 2.24) is 4.98 Å². The van der Waals surface area contributed by atoms with Crippen molar-refractivity contribution in [3.8, 4) is 0 Å². The molecule has 3 atom stereocenters. The van der Waals surface area contributed by atoms with E-state index in [0.29, 0.717) is 17.4 Å². The lowest BCUT2D eigenvalue weighted by Gasteiger charge is -2.37. The van der Waals surface area contributed by atoms with Crippen molar-refractivity contribution >= 4 is 11.6 Å². The quantitative estimate of drug-likeness (QED) is 0.836. The molecule has 1 aromatic heterocycles. The van der Waals surface area contributed by atoms with E-state index in [1.54, 1.807) is 12.3 Å². The maximum atomic E-state index is 11.4. The second-order valence-corrected chi connectivity index (χ2v) is 5.93. The number of hydrogen-bond donors (Lipinski definition) is 2. The third-order valence-corrected chi connectivity index (χ3v) is 4.69. The zero-order valence-corrected chi connectivity index (χ0v) is 12.1. The fraction of sp³-hybridized carbons (Fsp3) is 0.222. The average Bonchev–Trinajstić information content (AvgIpc) is 3.04. The minimum Gasteiger partial charge on any atom is -0.378 e. The Balaban J connectivity index is 1.79. The van der Waals surface area contributed by atoms with E-state index in [1.807, 2.05) is 24.4 Å². The van der Waals surface area contributed by atoms with Crippen molar-refractivity contribution in [3.63, 3.8) is 0 Å². The topological polar surface area (TPSA) is 68.0 Å². The van der Waals surface area contributed by atoms with Crippen molar-refractivity contribution in [2.75, 3.05) is 5.32 Å². The molecule has 0 saturated carbocycles. The van der Waals surface area contributed by atoms with Gasteiger partial charge in [-0.25, -0.2) is 0 Å². The Morgan fingerprint density at radius 2 is 2.23 bits per heavy atom. The van der Waals surface area contributed by atoms with Crippen molar-refractivity contribution in [2.45, 2.75) is 18.4 Å². The van der Waals surface area contributed by atoms with Crippen LogP contribution in [0, 0.1) is 5.92 Å². The minimum absolute atomic E-state index is 0.237. The Morgan fingerprint density at radius 3 is 3.00 bits per heavy atom. The zero-order valence-electron chi connectivity index (χ0n) is 12.1. The molecular formula is C18H17N3O. The highest BCUT2D eigenvalue weighted by Crippen LogP contribution is 2.49. The Hall–Kier alpha value is -2.62. The number of allylic oxidation sites excluding steroid dienone is 2. The number of amides is 1. The maximum absolute atomic E-state index is 11.4. The molecule has 3 unspecified atom stereocenters. The molecule has 1 amide bonds. The molecule has 2 aromatic rings. The van der Waals surface area contributed by atoms with Gasteiger partial charge in [0.1, 0.15) is 0 Å². The van der Waals surface area contributed by atoms with Crippen molar-refractivity contribution in [1.29, 1.82) is 0 Å². The molecule has 0 fully saturated rings. The molecule has 1 aromatic carbocycles. The highest BCUT2D eigenvalue weighted by molar-refractivity contribution is 5.93. The van der Waals surface area contributed by atoms with Gasteiger partial charge < -0.3 is 11.1 Å². The summed E-state index contributed by atoms with van der Waals surface area (Å²) in [5.41, 5.74) is 9.42. The first-order valence-electron chi connectivity index (χ1n) is 7.51. The molecule has 110 valence electrons. The number of primary amides is 1. The number of nitrogens with one attached hydrogen (secondary N) is 1. The highest BCUT2D eigenvalue weighted by Gasteiger charge is 2.38. The molecule has 4 rings (SSSR count). The molecule has 0 radical (unpaired) electrons. The van der Waals surface area contributed by atoms with E-state index in [0.717, 1.165) is 17.7 Å². The van der Waals surface area contributed by atoms with Crippen LogP contribution in [-0.4, -0.2) is 10.9 Å². The molecule has 0 saturated heterocycles. The van der Waals surface area contributed by atoms with Gasteiger partial charge in [-0.2, -0.15) is 0 Å². The van der Waals surface area contributed by atoms with Gasteiger partial charge in [-0.3, -0.25) is 9.78 Å². The van der Waals surface area contributed by atoms with Crippen LogP contribution in [-0.2, 0) is 0 Å². The molecule has 4 nitrogen and oxygen atoms in total. The fourth-order valence-electron chi connectivity index (χ4n) is 3.64. The van der Waals surface area contributed by atoms with Crippen LogP contribution in [0.5, 0.6) is 0 Å². The number of nitrogens with two attached hydrogens (primary N) is 1. The van der Waals surface area contributed by atoms with Crippen molar-refractivity contribution in [2.24, 2.45) is 11.7 Å². The molecule has 4 heteroatoms. The van der Waals surface area contributed by atoms with E-state index in [2.05, 4.69) is 28.5 Å². The van der Waals surface area contributed by atoms with Gasteiger partial charge in [-0.05, 0) is 47.7 Å². The summed E-state index contributed by atoms with van der Waals surface area (Å²) in [6.07, 6.45) is 9.22. The predicted octanol–water partition coefficient (Wildman–Crippen LogP) is 3.01. The number of carbonyl (C=O) groups excluding carboxylic acids is 1. The van der Waals surface area contributed by atoms with Crippen LogP contribution in [0.1, 0.15) is 39.9 Å². The van der Waals surface area contributed by atoms with Crippen LogP contribution in [0.25, 0.3) is 0 Å². The summed E-state index contributed by atoms with van der Waals surface area (Å²) in [5.74, 6) is 0.385. The fourth-order valence-corrected chi connectivity index (χ4v) is 3.64. The Kier molecular flexibility index (Phi) is 2.96. The normalized spacial score (nSPS) is 25.2. The standard InChI is InChI=1S/C18H17N3O/c19-18(22)11-6-7-16-15(9-11)13-4-1-5-14(13)17(21-16)12-3-2-8-20-10-12/h1-4,6-10,13-14,17,21H,5H2,(H2,19,22). The monoisotopic (exact) mass is 291 g/mol. The van der Waals surface area contributed by atoms with E-state index >= 15 is 0 Å². The summed E-state index contributed by atoms with van der Waals surface area (Å²) in [6.45, 7) is 0. The summed E-state index contributed by atoms with van der Waals surface area (Å²) >= 11 is 0. The van der Waals surface area contributed by atoms with Crippen LogP contribution in [0.3, 0.4) is 0 Å². The smallest absolute Gasteiger partial charge is 0.248 e. The molecular weight excluding hydrogens is 274 g/mol. The predicted molar refractivity (Wildman–Crippen MR) is 85.5 cm³/mol. The average molecular weight is 291 g/mol. The molecule has 2 heterocycles. The Morgan fingerprint density at radius 1 is 1.32 bits per heavy atom. The number of rotatable bonds is 2. The first-order valence-corrected chi connectivity index (χ1v) is 7.51. The minimum atomic E-state index is -0.379. The van der Waals surface area contributed by atoms with E-state index < -0.39 is 0 Å². The van der Waals surface area contributed by atoms with Gasteiger partial charge in [0.2, 0.25) is 5.91 Å². The number of pyridine rings is 1. The molecule has 0 bridgehead atoms. The van der Waals surface area contributed by atoms with Gasteiger partial charge >= 0.3 is 0 Å². The van der Waals surface area contributed by atoms with E-state index in [4.69, 9.17) is 5.73 Å². The molecule has 22 heavy (non-hydrogen) atoms. The lowest BCUT2D eigenvalue weighted by molar-refractivity contribution is 0.1000. The van der Waals surface area contributed by atoms with Crippen LogP contribution in [0.15, 0.2) is 54.9 Å². The lowest BCUT2D eigenvalue weighted by atomic mass is 9.77. The lowest BCUT2D eigenvalue weighted by Crippen LogP contribution is -2.29. The summed E-state index contributed by atoms with van der Waals surface area (Å²) in [5, 5.41) is 3.62. The molecule has 2 aliphatic rings. The van der Waals surface area contributed by atoms with Gasteiger partial charge in [-0.1, -0.05) is 18.2 Å². The second-order valence-electron chi connectivity index (χ2n) is 5.93. The molecule has 0 spiro atoms. The number of nitrogens with zero attached hydrogens (tertiary/aromatic N) is 1. The SMILES string of the molecule is NC(=O)c1ccc2c(c1)C1C=CCC1C(c1cccnc1)N2. The summed E-state index contributed by atoms with van der Waals surface area (Å²) in [4.78, 5) is 15.7. The second kappa shape index (κ2) is 4.98. The summed E-state index contributed by atoms with van der Waals surface area (Å²) in [6, 6.07) is 10.00. The summed E-state index contributed by atoms with van der Waals surface area (Å²) in [7, 11) is 0. The molecule has 3 N–H and O–H groups in total. The maximum Gasteiger partial charge on any atom is 0.248 e. The van der Waals surface area contributed by atoms with Crippen LogP contribution < -0.4 is 11.1 Å². The summed E-state index contributed by atoms with van der Waals surface area (Å²) < 4.78 is 0. The Bertz CT molecular complexity index is 754. The third-order valence-electron chi connectivity index (χ3n) is 4.69. The number of anilines is 1. The van der Waals surface area contributed by atoms with Crippen molar-refractivity contribution in [3.05, 3.63) is 71.6 Å². The van der Waals surface area contributed by atoms with Gasteiger partial charge in [-0.15, -0.1) is 0 Å². The van der Waals surface area contributed by atoms with Gasteiger partial charge in [0, 0.05) is 29.6 Å². The van der Waals surface area contributed by atoms with E-state index in [1.165, 1.54) is 5.56 Å². The van der Waals surface area contributed by atoms with Crippen LogP contribution in [0.2, 0.25) is 0 Å². The first kappa shape index (κ1) is 13.1. The van der Waals surface area contributed by atoms with E-state index in [9.17, 15) is 4.79 Å². The van der Waals surface area contributed by atoms with Gasteiger partial charge in [0.15, 0.2) is 0 Å². The Labute approximate surface area is 129 Å². The zero-order chi connectivity index (χ0) is 15.1. The number of aromatic nitrogens is 1. The third kappa shape index (κ3) is 1.99. The molecule has 1 aliphatic carbocycles. The van der Waals surface area contributed by atoms with Crippen molar-refractivity contribution < 1.29 is 4.79 Å². The molecule has 1 aliphatic heterocycles. The first-order chi connectivity index (χ1) is 10.7. The number of benzene rings is 1. The van der Waals surface area contributed by atoms with E-state index in [-0.39, 0.29) is 11.9 Å². The van der Waals surface area contributed by atoms with Crippen LogP contribution in [0.4, 0.5) is 5.69 Å². The number of carbonyl (C=O) groups is 1. The largest absolute Gasteiger partial charge is 0.378 e.